The van der Waals surface area contributed by atoms with E-state index in [9.17, 15) is 4.79 Å². The number of aryl methyl sites for hydroxylation is 1. The van der Waals surface area contributed by atoms with E-state index in [2.05, 4.69) is 25.4 Å². The summed E-state index contributed by atoms with van der Waals surface area (Å²) in [5, 5.41) is 14.7. The number of hydrogen-bond donors (Lipinski definition) is 2. The number of rotatable bonds is 4. The van der Waals surface area contributed by atoms with Crippen molar-refractivity contribution in [2.24, 2.45) is 0 Å². The van der Waals surface area contributed by atoms with Gasteiger partial charge >= 0.3 is 0 Å². The Morgan fingerprint density at radius 2 is 2.05 bits per heavy atom. The Morgan fingerprint density at radius 1 is 1.29 bits per heavy atom. The molecule has 0 radical (unpaired) electrons. The highest BCUT2D eigenvalue weighted by molar-refractivity contribution is 5.78. The fourth-order valence-corrected chi connectivity index (χ4v) is 2.53. The van der Waals surface area contributed by atoms with Crippen LogP contribution in [-0.4, -0.2) is 32.8 Å². The van der Waals surface area contributed by atoms with Gasteiger partial charge in [0.2, 0.25) is 5.91 Å². The third-order valence-corrected chi connectivity index (χ3v) is 3.68. The summed E-state index contributed by atoms with van der Waals surface area (Å²) in [5.41, 5.74) is -0.0630. The largest absolute Gasteiger partial charge is 0.345 e. The summed E-state index contributed by atoms with van der Waals surface area (Å²) in [6, 6.07) is -0.112. The lowest BCUT2D eigenvalue weighted by molar-refractivity contribution is -0.121. The van der Waals surface area contributed by atoms with Gasteiger partial charge in [0, 0.05) is 18.5 Å². The van der Waals surface area contributed by atoms with Gasteiger partial charge < -0.3 is 15.2 Å². The second kappa shape index (κ2) is 6.56. The molecule has 2 heterocycles. The SMILES string of the molecule is CC(NC(=O)CNC(C)(C)C)c1nnc2n1CCCCC2. The highest BCUT2D eigenvalue weighted by atomic mass is 16.2. The van der Waals surface area contributed by atoms with E-state index in [0.717, 1.165) is 31.0 Å². The van der Waals surface area contributed by atoms with Gasteiger partial charge in [-0.25, -0.2) is 0 Å². The van der Waals surface area contributed by atoms with Gasteiger partial charge in [0.05, 0.1) is 12.6 Å². The van der Waals surface area contributed by atoms with Crippen LogP contribution in [0, 0.1) is 0 Å². The standard InChI is InChI=1S/C15H27N5O/c1-11(17-13(21)10-16-15(2,3)4)14-19-18-12-8-6-5-7-9-20(12)14/h11,16H,5-10H2,1-4H3,(H,17,21). The van der Waals surface area contributed by atoms with Crippen molar-refractivity contribution in [2.75, 3.05) is 6.54 Å². The zero-order chi connectivity index (χ0) is 15.5. The normalized spacial score (nSPS) is 17.0. The first-order valence-corrected chi connectivity index (χ1v) is 7.83. The molecule has 2 rings (SSSR count). The van der Waals surface area contributed by atoms with Gasteiger partial charge in [0.25, 0.3) is 0 Å². The van der Waals surface area contributed by atoms with Crippen LogP contribution in [0.5, 0.6) is 0 Å². The monoisotopic (exact) mass is 293 g/mol. The molecular formula is C15H27N5O. The first kappa shape index (κ1) is 15.9. The minimum Gasteiger partial charge on any atom is -0.345 e. The molecule has 1 aliphatic rings. The van der Waals surface area contributed by atoms with E-state index < -0.39 is 0 Å². The summed E-state index contributed by atoms with van der Waals surface area (Å²) in [6.45, 7) is 9.37. The van der Waals surface area contributed by atoms with Gasteiger partial charge in [0.15, 0.2) is 5.82 Å². The van der Waals surface area contributed by atoms with Crippen molar-refractivity contribution in [3.05, 3.63) is 11.6 Å². The van der Waals surface area contributed by atoms with Crippen LogP contribution in [0.15, 0.2) is 0 Å². The molecule has 0 saturated heterocycles. The smallest absolute Gasteiger partial charge is 0.234 e. The highest BCUT2D eigenvalue weighted by Gasteiger charge is 2.21. The number of fused-ring (bicyclic) bond motifs is 1. The lowest BCUT2D eigenvalue weighted by Gasteiger charge is -2.21. The Morgan fingerprint density at radius 3 is 2.76 bits per heavy atom. The number of nitrogens with one attached hydrogen (secondary N) is 2. The fourth-order valence-electron chi connectivity index (χ4n) is 2.53. The maximum absolute atomic E-state index is 12.0. The summed E-state index contributed by atoms with van der Waals surface area (Å²) in [6.07, 6.45) is 4.55. The van der Waals surface area contributed by atoms with E-state index in [-0.39, 0.29) is 17.5 Å². The average molecular weight is 293 g/mol. The molecule has 1 aromatic heterocycles. The van der Waals surface area contributed by atoms with Crippen molar-refractivity contribution in [1.29, 1.82) is 0 Å². The van der Waals surface area contributed by atoms with Crippen LogP contribution in [0.25, 0.3) is 0 Å². The predicted molar refractivity (Wildman–Crippen MR) is 81.9 cm³/mol. The Balaban J connectivity index is 1.96. The molecule has 0 bridgehead atoms. The molecule has 0 saturated carbocycles. The van der Waals surface area contributed by atoms with Gasteiger partial charge in [-0.1, -0.05) is 6.42 Å². The second-order valence-electron chi connectivity index (χ2n) is 6.83. The Kier molecular flexibility index (Phi) is 4.98. The number of hydrogen-bond acceptors (Lipinski definition) is 4. The van der Waals surface area contributed by atoms with Crippen molar-refractivity contribution < 1.29 is 4.79 Å². The average Bonchev–Trinajstić information content (AvgIpc) is 2.65. The summed E-state index contributed by atoms with van der Waals surface area (Å²) >= 11 is 0. The van der Waals surface area contributed by atoms with Crippen molar-refractivity contribution >= 4 is 5.91 Å². The first-order chi connectivity index (χ1) is 9.87. The molecule has 1 aliphatic heterocycles. The Bertz CT molecular complexity index is 489. The van der Waals surface area contributed by atoms with Crippen molar-refractivity contribution in [3.8, 4) is 0 Å². The maximum Gasteiger partial charge on any atom is 0.234 e. The molecule has 1 unspecified atom stereocenters. The van der Waals surface area contributed by atoms with Crippen LogP contribution in [0.1, 0.15) is 64.6 Å². The number of carbonyl (C=O) groups is 1. The summed E-state index contributed by atoms with van der Waals surface area (Å²) in [7, 11) is 0. The number of aromatic nitrogens is 3. The second-order valence-corrected chi connectivity index (χ2v) is 6.83. The van der Waals surface area contributed by atoms with Crippen LogP contribution in [-0.2, 0) is 17.8 Å². The third-order valence-electron chi connectivity index (χ3n) is 3.68. The fraction of sp³-hybridized carbons (Fsp3) is 0.800. The van der Waals surface area contributed by atoms with E-state index in [1.165, 1.54) is 12.8 Å². The van der Waals surface area contributed by atoms with E-state index in [1.54, 1.807) is 0 Å². The van der Waals surface area contributed by atoms with Crippen molar-refractivity contribution in [1.82, 2.24) is 25.4 Å². The predicted octanol–water partition coefficient (Wildman–Crippen LogP) is 1.57. The Labute approximate surface area is 126 Å². The van der Waals surface area contributed by atoms with Crippen LogP contribution < -0.4 is 10.6 Å². The molecule has 1 aromatic rings. The summed E-state index contributed by atoms with van der Waals surface area (Å²) in [5.74, 6) is 1.91. The van der Waals surface area contributed by atoms with E-state index in [0.29, 0.717) is 6.54 Å². The van der Waals surface area contributed by atoms with Crippen LogP contribution in [0.2, 0.25) is 0 Å². The van der Waals surface area contributed by atoms with Gasteiger partial charge in [-0.2, -0.15) is 0 Å². The number of nitrogens with zero attached hydrogens (tertiary/aromatic N) is 3. The van der Waals surface area contributed by atoms with Gasteiger partial charge in [0.1, 0.15) is 5.82 Å². The van der Waals surface area contributed by atoms with Crippen LogP contribution >= 0.6 is 0 Å². The lowest BCUT2D eigenvalue weighted by atomic mass is 10.1. The molecule has 0 aliphatic carbocycles. The topological polar surface area (TPSA) is 71.8 Å². The molecule has 0 fully saturated rings. The first-order valence-electron chi connectivity index (χ1n) is 7.83. The highest BCUT2D eigenvalue weighted by Crippen LogP contribution is 2.18. The summed E-state index contributed by atoms with van der Waals surface area (Å²) in [4.78, 5) is 12.0. The maximum atomic E-state index is 12.0. The quantitative estimate of drug-likeness (QED) is 0.884. The Hall–Kier alpha value is -1.43. The van der Waals surface area contributed by atoms with Crippen LogP contribution in [0.4, 0.5) is 0 Å². The molecule has 6 heteroatoms. The van der Waals surface area contributed by atoms with Gasteiger partial charge in [-0.05, 0) is 40.5 Å². The minimum atomic E-state index is -0.112. The number of amides is 1. The molecule has 0 spiro atoms. The zero-order valence-corrected chi connectivity index (χ0v) is 13.6. The van der Waals surface area contributed by atoms with Gasteiger partial charge in [-0.3, -0.25) is 4.79 Å². The van der Waals surface area contributed by atoms with E-state index >= 15 is 0 Å². The molecular weight excluding hydrogens is 266 g/mol. The molecule has 118 valence electrons. The molecule has 2 N–H and O–H groups in total. The van der Waals surface area contributed by atoms with E-state index in [1.807, 2.05) is 27.7 Å². The zero-order valence-electron chi connectivity index (χ0n) is 13.6. The van der Waals surface area contributed by atoms with Crippen molar-refractivity contribution in [2.45, 2.75) is 71.5 Å². The van der Waals surface area contributed by atoms with E-state index in [4.69, 9.17) is 0 Å². The minimum absolute atomic E-state index is 0.0107. The molecule has 6 nitrogen and oxygen atoms in total. The number of carbonyl (C=O) groups excluding carboxylic acids is 1. The van der Waals surface area contributed by atoms with Crippen molar-refractivity contribution in [3.63, 3.8) is 0 Å². The molecule has 21 heavy (non-hydrogen) atoms. The third kappa shape index (κ3) is 4.52. The molecule has 0 aromatic carbocycles. The van der Waals surface area contributed by atoms with Gasteiger partial charge in [-0.15, -0.1) is 10.2 Å². The lowest BCUT2D eigenvalue weighted by Crippen LogP contribution is -2.44. The summed E-state index contributed by atoms with van der Waals surface area (Å²) < 4.78 is 2.18. The molecule has 1 amide bonds. The van der Waals surface area contributed by atoms with Crippen LogP contribution in [0.3, 0.4) is 0 Å². The molecule has 1 atom stereocenters.